The van der Waals surface area contributed by atoms with Gasteiger partial charge in [-0.05, 0) is 29.8 Å². The van der Waals surface area contributed by atoms with E-state index in [-0.39, 0.29) is 17.9 Å². The largest absolute Gasteiger partial charge is 0.323 e. The molecule has 0 spiro atoms. The third kappa shape index (κ3) is 2.86. The fraction of sp³-hybridized carbons (Fsp3) is 0.143. The number of pyridine rings is 1. The van der Waals surface area contributed by atoms with Crippen molar-refractivity contribution in [3.63, 3.8) is 0 Å². The molecule has 0 unspecified atom stereocenters. The van der Waals surface area contributed by atoms with Crippen LogP contribution in [0.5, 0.6) is 0 Å². The maximum atomic E-state index is 12.7. The van der Waals surface area contributed by atoms with E-state index in [0.717, 1.165) is 34.3 Å². The molecule has 0 aliphatic carbocycles. The molecule has 2 atom stereocenters. The molecule has 0 saturated carbocycles. The van der Waals surface area contributed by atoms with Crippen molar-refractivity contribution < 1.29 is 4.79 Å². The minimum atomic E-state index is -0.254. The van der Waals surface area contributed by atoms with Crippen LogP contribution in [-0.4, -0.2) is 23.5 Å². The lowest BCUT2D eigenvalue weighted by atomic mass is 9.84. The van der Waals surface area contributed by atoms with Gasteiger partial charge in [0.1, 0.15) is 0 Å². The lowest BCUT2D eigenvalue weighted by Gasteiger charge is -2.37. The van der Waals surface area contributed by atoms with Gasteiger partial charge in [-0.3, -0.25) is 9.78 Å². The molecule has 1 aliphatic rings. The Kier molecular flexibility index (Phi) is 3.93. The SMILES string of the molecule is C#Cc1ccc([C@H]2CN[C@H]2C(=O)Nc2cccc3cccnc23)cc1. The fourth-order valence-electron chi connectivity index (χ4n) is 3.18. The molecule has 4 rings (SSSR count). The normalized spacial score (nSPS) is 19.0. The standard InChI is InChI=1S/C21H17N3O/c1-2-14-8-10-15(11-9-14)17-13-23-20(17)21(25)24-18-7-3-5-16-6-4-12-22-19(16)18/h1,3-12,17,20,23H,13H2,(H,24,25)/t17-,20-/m1/s1. The molecule has 0 bridgehead atoms. The number of benzene rings is 2. The number of fused-ring (bicyclic) bond motifs is 1. The van der Waals surface area contributed by atoms with E-state index in [4.69, 9.17) is 6.42 Å². The van der Waals surface area contributed by atoms with E-state index >= 15 is 0 Å². The number of para-hydroxylation sites is 1. The third-order valence-electron chi connectivity index (χ3n) is 4.64. The van der Waals surface area contributed by atoms with Crippen LogP contribution in [0.4, 0.5) is 5.69 Å². The Balaban J connectivity index is 1.53. The summed E-state index contributed by atoms with van der Waals surface area (Å²) in [7, 11) is 0. The third-order valence-corrected chi connectivity index (χ3v) is 4.64. The van der Waals surface area contributed by atoms with Crippen LogP contribution >= 0.6 is 0 Å². The molecule has 1 amide bonds. The molecule has 1 aromatic heterocycles. The molecule has 0 radical (unpaired) electrons. The monoisotopic (exact) mass is 327 g/mol. The second-order valence-corrected chi connectivity index (χ2v) is 6.13. The van der Waals surface area contributed by atoms with E-state index < -0.39 is 0 Å². The van der Waals surface area contributed by atoms with E-state index in [2.05, 4.69) is 21.5 Å². The van der Waals surface area contributed by atoms with Crippen molar-refractivity contribution in [2.24, 2.45) is 0 Å². The Morgan fingerprint density at radius 2 is 1.96 bits per heavy atom. The highest BCUT2D eigenvalue weighted by atomic mass is 16.2. The minimum absolute atomic E-state index is 0.0459. The number of nitrogens with zero attached hydrogens (tertiary/aromatic N) is 1. The number of carbonyl (C=O) groups excluding carboxylic acids is 1. The summed E-state index contributed by atoms with van der Waals surface area (Å²) >= 11 is 0. The molecular weight excluding hydrogens is 310 g/mol. The van der Waals surface area contributed by atoms with Gasteiger partial charge in [0.05, 0.1) is 17.2 Å². The van der Waals surface area contributed by atoms with Gasteiger partial charge in [-0.2, -0.15) is 0 Å². The van der Waals surface area contributed by atoms with E-state index in [9.17, 15) is 4.79 Å². The van der Waals surface area contributed by atoms with Crippen LogP contribution in [0, 0.1) is 12.3 Å². The van der Waals surface area contributed by atoms with Crippen LogP contribution in [0.25, 0.3) is 10.9 Å². The molecule has 2 aromatic carbocycles. The van der Waals surface area contributed by atoms with Gasteiger partial charge in [-0.15, -0.1) is 6.42 Å². The van der Waals surface area contributed by atoms with Gasteiger partial charge >= 0.3 is 0 Å². The lowest BCUT2D eigenvalue weighted by Crippen LogP contribution is -2.57. The Morgan fingerprint density at radius 3 is 2.68 bits per heavy atom. The van der Waals surface area contributed by atoms with Gasteiger partial charge in [0.25, 0.3) is 0 Å². The van der Waals surface area contributed by atoms with E-state index in [1.165, 1.54) is 0 Å². The molecule has 2 heterocycles. The van der Waals surface area contributed by atoms with Crippen LogP contribution in [0.15, 0.2) is 60.8 Å². The van der Waals surface area contributed by atoms with Crippen molar-refractivity contribution in [1.82, 2.24) is 10.3 Å². The zero-order valence-corrected chi connectivity index (χ0v) is 13.6. The number of rotatable bonds is 3. The van der Waals surface area contributed by atoms with Crippen molar-refractivity contribution in [2.75, 3.05) is 11.9 Å². The van der Waals surface area contributed by atoms with Crippen molar-refractivity contribution >= 4 is 22.5 Å². The van der Waals surface area contributed by atoms with Gasteiger partial charge in [-0.1, -0.05) is 36.3 Å². The van der Waals surface area contributed by atoms with Crippen molar-refractivity contribution in [2.45, 2.75) is 12.0 Å². The number of nitrogens with one attached hydrogen (secondary N) is 2. The lowest BCUT2D eigenvalue weighted by molar-refractivity contribution is -0.120. The number of terminal acetylenes is 1. The number of carbonyl (C=O) groups is 1. The van der Waals surface area contributed by atoms with Crippen molar-refractivity contribution in [1.29, 1.82) is 0 Å². The predicted octanol–water partition coefficient (Wildman–Crippen LogP) is 2.91. The number of amides is 1. The number of hydrogen-bond donors (Lipinski definition) is 2. The maximum absolute atomic E-state index is 12.7. The minimum Gasteiger partial charge on any atom is -0.323 e. The van der Waals surface area contributed by atoms with Crippen molar-refractivity contribution in [3.8, 4) is 12.3 Å². The molecule has 4 nitrogen and oxygen atoms in total. The Morgan fingerprint density at radius 1 is 1.16 bits per heavy atom. The number of anilines is 1. The summed E-state index contributed by atoms with van der Waals surface area (Å²) in [5.74, 6) is 2.71. The maximum Gasteiger partial charge on any atom is 0.242 e. The first kappa shape index (κ1) is 15.4. The Bertz CT molecular complexity index is 967. The zero-order chi connectivity index (χ0) is 17.2. The molecule has 1 fully saturated rings. The average molecular weight is 327 g/mol. The van der Waals surface area contributed by atoms with Gasteiger partial charge in [-0.25, -0.2) is 0 Å². The first-order chi connectivity index (χ1) is 12.3. The molecular formula is C21H17N3O. The molecule has 25 heavy (non-hydrogen) atoms. The van der Waals surface area contributed by atoms with Crippen LogP contribution in [0.1, 0.15) is 17.0 Å². The van der Waals surface area contributed by atoms with Gasteiger partial charge in [0.15, 0.2) is 0 Å². The average Bonchev–Trinajstić information content (AvgIpc) is 2.62. The van der Waals surface area contributed by atoms with Crippen LogP contribution in [0.2, 0.25) is 0 Å². The highest BCUT2D eigenvalue weighted by molar-refractivity contribution is 6.03. The quantitative estimate of drug-likeness (QED) is 0.727. The highest BCUT2D eigenvalue weighted by Gasteiger charge is 2.37. The van der Waals surface area contributed by atoms with Gasteiger partial charge in [0, 0.05) is 29.6 Å². The summed E-state index contributed by atoms with van der Waals surface area (Å²) < 4.78 is 0. The summed E-state index contributed by atoms with van der Waals surface area (Å²) in [6.07, 6.45) is 7.13. The van der Waals surface area contributed by atoms with E-state index in [1.807, 2.05) is 54.6 Å². The number of hydrogen-bond acceptors (Lipinski definition) is 3. The van der Waals surface area contributed by atoms with Crippen LogP contribution in [-0.2, 0) is 4.79 Å². The summed E-state index contributed by atoms with van der Waals surface area (Å²) in [4.78, 5) is 17.1. The molecule has 1 aliphatic heterocycles. The molecule has 4 heteroatoms. The molecule has 1 saturated heterocycles. The second-order valence-electron chi connectivity index (χ2n) is 6.13. The smallest absolute Gasteiger partial charge is 0.242 e. The summed E-state index contributed by atoms with van der Waals surface area (Å²) in [5.41, 5.74) is 3.50. The van der Waals surface area contributed by atoms with Crippen molar-refractivity contribution in [3.05, 3.63) is 71.9 Å². The van der Waals surface area contributed by atoms with Crippen LogP contribution < -0.4 is 10.6 Å². The van der Waals surface area contributed by atoms with E-state index in [0.29, 0.717) is 0 Å². The number of aromatic nitrogens is 1. The van der Waals surface area contributed by atoms with E-state index in [1.54, 1.807) is 6.20 Å². The van der Waals surface area contributed by atoms with Crippen LogP contribution in [0.3, 0.4) is 0 Å². The summed E-state index contributed by atoms with van der Waals surface area (Å²) in [6.45, 7) is 0.779. The molecule has 3 aromatic rings. The molecule has 122 valence electrons. The first-order valence-corrected chi connectivity index (χ1v) is 8.21. The fourth-order valence-corrected chi connectivity index (χ4v) is 3.18. The highest BCUT2D eigenvalue weighted by Crippen LogP contribution is 2.28. The van der Waals surface area contributed by atoms with Gasteiger partial charge in [0.2, 0.25) is 5.91 Å². The first-order valence-electron chi connectivity index (χ1n) is 8.21. The topological polar surface area (TPSA) is 54.0 Å². The summed E-state index contributed by atoms with van der Waals surface area (Å²) in [6, 6.07) is 17.2. The predicted molar refractivity (Wildman–Crippen MR) is 99.3 cm³/mol. The zero-order valence-electron chi connectivity index (χ0n) is 13.6. The van der Waals surface area contributed by atoms with Gasteiger partial charge < -0.3 is 10.6 Å². The Labute approximate surface area is 146 Å². The molecule has 2 N–H and O–H groups in total. The summed E-state index contributed by atoms with van der Waals surface area (Å²) in [5, 5.41) is 7.23. The second kappa shape index (κ2) is 6.39. The Hall–Kier alpha value is -3.16.